The van der Waals surface area contributed by atoms with Gasteiger partial charge in [-0.1, -0.05) is 12.2 Å². The maximum atomic E-state index is 7.29. The molecule has 56 valence electrons. The molecule has 0 saturated heterocycles. The second-order valence-corrected chi connectivity index (χ2v) is 2.75. The van der Waals surface area contributed by atoms with Crippen molar-refractivity contribution in [2.75, 3.05) is 0 Å². The summed E-state index contributed by atoms with van der Waals surface area (Å²) in [6.45, 7) is 0. The van der Waals surface area contributed by atoms with Crippen LogP contribution in [0.2, 0.25) is 0 Å². The van der Waals surface area contributed by atoms with Gasteiger partial charge in [0.1, 0.15) is 0 Å². The van der Waals surface area contributed by atoms with E-state index in [0.29, 0.717) is 17.0 Å². The summed E-state index contributed by atoms with van der Waals surface area (Å²) in [5.74, 6) is 0. The van der Waals surface area contributed by atoms with E-state index in [4.69, 9.17) is 5.41 Å². The lowest BCUT2D eigenvalue weighted by molar-refractivity contribution is 1.35. The van der Waals surface area contributed by atoms with Gasteiger partial charge in [-0.05, 0) is 0 Å². The van der Waals surface area contributed by atoms with Crippen molar-refractivity contribution in [3.8, 4) is 0 Å². The summed E-state index contributed by atoms with van der Waals surface area (Å²) in [5, 5.41) is 7.29. The fourth-order valence-electron chi connectivity index (χ4n) is 0.619. The minimum Gasteiger partial charge on any atom is -0.304 e. The Labute approximate surface area is 77.3 Å². The van der Waals surface area contributed by atoms with Crippen molar-refractivity contribution in [3.05, 3.63) is 22.0 Å². The Hall–Kier alpha value is 0.140. The molecule has 0 bridgehead atoms. The van der Waals surface area contributed by atoms with Crippen molar-refractivity contribution < 1.29 is 0 Å². The summed E-state index contributed by atoms with van der Waals surface area (Å²) in [4.78, 5) is 1.48. The fraction of sp³-hybridized carbons (Fsp3) is 0.167. The third-order valence-corrected chi connectivity index (χ3v) is 2.19. The average Bonchev–Trinajstić information content (AvgIpc) is 1.83. The SMILES string of the molecule is Cl.N=C1CC=CC(S)=C1S. The Morgan fingerprint density at radius 1 is 1.40 bits per heavy atom. The summed E-state index contributed by atoms with van der Waals surface area (Å²) in [5.41, 5.74) is 0.547. The van der Waals surface area contributed by atoms with Crippen molar-refractivity contribution in [1.82, 2.24) is 0 Å². The zero-order chi connectivity index (χ0) is 6.85. The van der Waals surface area contributed by atoms with Gasteiger partial charge in [0, 0.05) is 21.9 Å². The summed E-state index contributed by atoms with van der Waals surface area (Å²) < 4.78 is 0. The molecule has 0 saturated carbocycles. The zero-order valence-corrected chi connectivity index (χ0v) is 7.77. The van der Waals surface area contributed by atoms with E-state index in [9.17, 15) is 0 Å². The monoisotopic (exact) mass is 193 g/mol. The van der Waals surface area contributed by atoms with Gasteiger partial charge in [0.15, 0.2) is 0 Å². The molecule has 0 aromatic carbocycles. The molecule has 1 rings (SSSR count). The highest BCUT2D eigenvalue weighted by Gasteiger charge is 2.05. The first-order chi connectivity index (χ1) is 4.22. The van der Waals surface area contributed by atoms with E-state index in [1.807, 2.05) is 12.2 Å². The van der Waals surface area contributed by atoms with Crippen LogP contribution in [0.1, 0.15) is 6.42 Å². The third kappa shape index (κ3) is 2.08. The van der Waals surface area contributed by atoms with Gasteiger partial charge in [-0.2, -0.15) is 0 Å². The van der Waals surface area contributed by atoms with Gasteiger partial charge in [0.05, 0.1) is 0 Å². The quantitative estimate of drug-likeness (QED) is 0.493. The highest BCUT2D eigenvalue weighted by molar-refractivity contribution is 7.89. The molecule has 0 aromatic heterocycles. The molecule has 0 atom stereocenters. The summed E-state index contributed by atoms with van der Waals surface area (Å²) >= 11 is 8.17. The van der Waals surface area contributed by atoms with Crippen molar-refractivity contribution >= 4 is 43.4 Å². The van der Waals surface area contributed by atoms with Crippen LogP contribution in [0, 0.1) is 5.41 Å². The Morgan fingerprint density at radius 2 is 2.00 bits per heavy atom. The van der Waals surface area contributed by atoms with E-state index in [1.54, 1.807) is 0 Å². The predicted molar refractivity (Wildman–Crippen MR) is 53.7 cm³/mol. The number of rotatable bonds is 0. The van der Waals surface area contributed by atoms with E-state index in [-0.39, 0.29) is 12.4 Å². The van der Waals surface area contributed by atoms with E-state index < -0.39 is 0 Å². The van der Waals surface area contributed by atoms with E-state index in [0.717, 1.165) is 4.91 Å². The van der Waals surface area contributed by atoms with Crippen molar-refractivity contribution in [3.63, 3.8) is 0 Å². The van der Waals surface area contributed by atoms with Gasteiger partial charge in [0.2, 0.25) is 0 Å². The lowest BCUT2D eigenvalue weighted by atomic mass is 10.1. The molecule has 0 aromatic rings. The molecule has 1 aliphatic rings. The van der Waals surface area contributed by atoms with Crippen LogP contribution in [0.4, 0.5) is 0 Å². The number of hydrogen-bond donors (Lipinski definition) is 3. The number of nitrogens with one attached hydrogen (secondary N) is 1. The summed E-state index contributed by atoms with van der Waals surface area (Å²) in [7, 11) is 0. The molecule has 4 heteroatoms. The molecule has 0 unspecified atom stereocenters. The maximum absolute atomic E-state index is 7.29. The minimum absolute atomic E-state index is 0. The molecule has 0 fully saturated rings. The smallest absolute Gasteiger partial charge is 0.0495 e. The normalized spacial score (nSPS) is 17.2. The Kier molecular flexibility index (Phi) is 4.17. The van der Waals surface area contributed by atoms with Crippen molar-refractivity contribution in [2.24, 2.45) is 0 Å². The first-order valence-electron chi connectivity index (χ1n) is 2.58. The molecule has 0 amide bonds. The van der Waals surface area contributed by atoms with Crippen LogP contribution in [0.25, 0.3) is 0 Å². The minimum atomic E-state index is 0. The molecule has 1 aliphatic carbocycles. The Bertz CT molecular complexity index is 208. The van der Waals surface area contributed by atoms with Crippen LogP contribution in [0.15, 0.2) is 22.0 Å². The largest absolute Gasteiger partial charge is 0.304 e. The molecular formula is C6H8ClNS2. The molecule has 0 aliphatic heterocycles. The number of thiol groups is 2. The first kappa shape index (κ1) is 10.1. The fourth-order valence-corrected chi connectivity index (χ4v) is 1.02. The second kappa shape index (κ2) is 4.11. The van der Waals surface area contributed by atoms with Crippen LogP contribution < -0.4 is 0 Å². The molecule has 1 nitrogen and oxygen atoms in total. The van der Waals surface area contributed by atoms with Crippen LogP contribution >= 0.6 is 37.7 Å². The summed E-state index contributed by atoms with van der Waals surface area (Å²) in [6, 6.07) is 0. The number of allylic oxidation sites excluding steroid dienone is 3. The molecule has 0 radical (unpaired) electrons. The summed E-state index contributed by atoms with van der Waals surface area (Å²) in [6.07, 6.45) is 4.46. The Morgan fingerprint density at radius 3 is 2.40 bits per heavy atom. The Balaban J connectivity index is 0.000000810. The maximum Gasteiger partial charge on any atom is 0.0495 e. The third-order valence-electron chi connectivity index (χ3n) is 1.13. The molecule has 0 heterocycles. The van der Waals surface area contributed by atoms with Gasteiger partial charge >= 0.3 is 0 Å². The van der Waals surface area contributed by atoms with Crippen LogP contribution in [-0.4, -0.2) is 5.71 Å². The lowest BCUT2D eigenvalue weighted by Gasteiger charge is -2.06. The standard InChI is InChI=1S/C6H7NS2.ClH/c7-4-2-1-3-5(8)6(4)9;/h1,3,7-9H,2H2;1H. The van der Waals surface area contributed by atoms with Gasteiger partial charge in [-0.3, -0.25) is 0 Å². The topological polar surface area (TPSA) is 23.9 Å². The highest BCUT2D eigenvalue weighted by atomic mass is 35.5. The molecular weight excluding hydrogens is 186 g/mol. The average molecular weight is 194 g/mol. The van der Waals surface area contributed by atoms with E-state index >= 15 is 0 Å². The van der Waals surface area contributed by atoms with Gasteiger partial charge in [0.25, 0.3) is 0 Å². The van der Waals surface area contributed by atoms with Crippen molar-refractivity contribution in [1.29, 1.82) is 5.41 Å². The number of hydrogen-bond acceptors (Lipinski definition) is 3. The van der Waals surface area contributed by atoms with Gasteiger partial charge < -0.3 is 5.41 Å². The molecule has 0 spiro atoms. The zero-order valence-electron chi connectivity index (χ0n) is 5.16. The second-order valence-electron chi connectivity index (χ2n) is 1.82. The van der Waals surface area contributed by atoms with Gasteiger partial charge in [-0.15, -0.1) is 37.7 Å². The first-order valence-corrected chi connectivity index (χ1v) is 3.48. The van der Waals surface area contributed by atoms with Gasteiger partial charge in [-0.25, -0.2) is 0 Å². The number of halogens is 1. The lowest BCUT2D eigenvalue weighted by Crippen LogP contribution is -1.99. The van der Waals surface area contributed by atoms with E-state index in [1.165, 1.54) is 0 Å². The molecule has 1 N–H and O–H groups in total. The highest BCUT2D eigenvalue weighted by Crippen LogP contribution is 2.21. The van der Waals surface area contributed by atoms with Crippen molar-refractivity contribution in [2.45, 2.75) is 6.42 Å². The van der Waals surface area contributed by atoms with Crippen LogP contribution in [0.3, 0.4) is 0 Å². The van der Waals surface area contributed by atoms with E-state index in [2.05, 4.69) is 25.3 Å². The van der Waals surface area contributed by atoms with Crippen LogP contribution in [-0.2, 0) is 0 Å². The molecule has 10 heavy (non-hydrogen) atoms. The van der Waals surface area contributed by atoms with Crippen LogP contribution in [0.5, 0.6) is 0 Å². The predicted octanol–water partition coefficient (Wildman–Crippen LogP) is 2.46.